The van der Waals surface area contributed by atoms with Gasteiger partial charge in [-0.25, -0.2) is 9.37 Å². The number of nitrogens with zero attached hydrogens (tertiary/aromatic N) is 2. The molecule has 0 bridgehead atoms. The lowest BCUT2D eigenvalue weighted by molar-refractivity contribution is -0.137. The number of alkyl halides is 3. The Hall–Kier alpha value is -1.67. The van der Waals surface area contributed by atoms with Crippen LogP contribution in [0.1, 0.15) is 36.6 Å². The van der Waals surface area contributed by atoms with Crippen LogP contribution in [0.5, 0.6) is 0 Å². The van der Waals surface area contributed by atoms with Crippen LogP contribution in [-0.2, 0) is 12.7 Å². The Labute approximate surface area is 154 Å². The van der Waals surface area contributed by atoms with E-state index >= 15 is 0 Å². The first-order chi connectivity index (χ1) is 12.3. The molecule has 0 spiro atoms. The molecule has 1 fully saturated rings. The summed E-state index contributed by atoms with van der Waals surface area (Å²) in [5.74, 6) is -0.910. The molecule has 1 aromatic carbocycles. The molecule has 0 radical (unpaired) electrons. The molecular weight excluding hydrogens is 366 g/mol. The molecule has 1 aromatic heterocycles. The minimum atomic E-state index is -4.60. The maximum atomic E-state index is 13.8. The molecule has 142 valence electrons. The summed E-state index contributed by atoms with van der Waals surface area (Å²) in [7, 11) is 1.71. The van der Waals surface area contributed by atoms with Gasteiger partial charge in [-0.05, 0) is 44.0 Å². The molecule has 26 heavy (non-hydrogen) atoms. The number of thiazole rings is 1. The summed E-state index contributed by atoms with van der Waals surface area (Å²) in [6.07, 6.45) is -1.32. The van der Waals surface area contributed by atoms with Crippen LogP contribution in [0.15, 0.2) is 18.2 Å². The first-order valence-electron chi connectivity index (χ1n) is 8.61. The molecule has 2 aromatic rings. The van der Waals surface area contributed by atoms with Gasteiger partial charge in [0.2, 0.25) is 0 Å². The Morgan fingerprint density at radius 2 is 2.08 bits per heavy atom. The Bertz CT molecular complexity index is 772. The third-order valence-corrected chi connectivity index (χ3v) is 5.78. The molecule has 1 saturated heterocycles. The van der Waals surface area contributed by atoms with E-state index in [1.54, 1.807) is 7.05 Å². The third kappa shape index (κ3) is 4.01. The molecule has 8 heteroatoms. The van der Waals surface area contributed by atoms with E-state index in [4.69, 9.17) is 0 Å². The van der Waals surface area contributed by atoms with Crippen molar-refractivity contribution < 1.29 is 17.6 Å². The highest BCUT2D eigenvalue weighted by molar-refractivity contribution is 7.16. The normalized spacial score (nSPS) is 18.5. The number of anilines is 1. The second kappa shape index (κ2) is 7.52. The fourth-order valence-corrected chi connectivity index (χ4v) is 4.39. The van der Waals surface area contributed by atoms with E-state index in [0.29, 0.717) is 29.5 Å². The van der Waals surface area contributed by atoms with Crippen molar-refractivity contribution in [1.82, 2.24) is 9.88 Å². The molecule has 0 amide bonds. The molecular formula is C18H21F4N3S. The van der Waals surface area contributed by atoms with E-state index in [2.05, 4.69) is 22.1 Å². The quantitative estimate of drug-likeness (QED) is 0.698. The fourth-order valence-electron chi connectivity index (χ4n) is 3.43. The average molecular weight is 387 g/mol. The Balaban J connectivity index is 2.00. The number of nitrogens with one attached hydrogen (secondary N) is 1. The van der Waals surface area contributed by atoms with Crippen molar-refractivity contribution in [3.63, 3.8) is 0 Å². The average Bonchev–Trinajstić information content (AvgIpc) is 3.20. The number of rotatable bonds is 5. The number of aromatic nitrogens is 1. The lowest BCUT2D eigenvalue weighted by Gasteiger charge is -2.22. The zero-order chi connectivity index (χ0) is 18.9. The first kappa shape index (κ1) is 19.1. The van der Waals surface area contributed by atoms with E-state index in [9.17, 15) is 17.6 Å². The summed E-state index contributed by atoms with van der Waals surface area (Å²) < 4.78 is 53.0. The number of hydrogen-bond acceptors (Lipinski definition) is 4. The SMILES string of the molecule is CCC1CCCN1Cc1sc(NC)nc1-c1cc(F)cc(C(F)(F)F)c1. The number of benzene rings is 1. The first-order valence-corrected chi connectivity index (χ1v) is 9.43. The molecule has 0 aliphatic carbocycles. The fraction of sp³-hybridized carbons (Fsp3) is 0.500. The van der Waals surface area contributed by atoms with Gasteiger partial charge in [-0.2, -0.15) is 13.2 Å². The van der Waals surface area contributed by atoms with Gasteiger partial charge in [0.1, 0.15) is 5.82 Å². The molecule has 1 unspecified atom stereocenters. The van der Waals surface area contributed by atoms with E-state index < -0.39 is 17.6 Å². The van der Waals surface area contributed by atoms with Crippen LogP contribution in [0.25, 0.3) is 11.3 Å². The second-order valence-corrected chi connectivity index (χ2v) is 7.53. The minimum Gasteiger partial charge on any atom is -0.365 e. The molecule has 3 rings (SSSR count). The van der Waals surface area contributed by atoms with Gasteiger partial charge < -0.3 is 5.32 Å². The van der Waals surface area contributed by atoms with Crippen molar-refractivity contribution in [3.05, 3.63) is 34.5 Å². The van der Waals surface area contributed by atoms with Gasteiger partial charge >= 0.3 is 6.18 Å². The largest absolute Gasteiger partial charge is 0.416 e. The lowest BCUT2D eigenvalue weighted by Crippen LogP contribution is -2.28. The van der Waals surface area contributed by atoms with Crippen molar-refractivity contribution in [3.8, 4) is 11.3 Å². The van der Waals surface area contributed by atoms with Crippen LogP contribution in [-0.4, -0.2) is 29.5 Å². The van der Waals surface area contributed by atoms with Crippen molar-refractivity contribution >= 4 is 16.5 Å². The van der Waals surface area contributed by atoms with Gasteiger partial charge in [0, 0.05) is 30.1 Å². The predicted molar refractivity (Wildman–Crippen MR) is 95.8 cm³/mol. The summed E-state index contributed by atoms with van der Waals surface area (Å²) in [5, 5.41) is 3.55. The third-order valence-electron chi connectivity index (χ3n) is 4.73. The summed E-state index contributed by atoms with van der Waals surface area (Å²) in [6.45, 7) is 3.71. The molecule has 3 nitrogen and oxygen atoms in total. The molecule has 1 aliphatic heterocycles. The smallest absolute Gasteiger partial charge is 0.365 e. The number of likely N-dealkylation sites (tertiary alicyclic amines) is 1. The molecule has 1 N–H and O–H groups in total. The van der Waals surface area contributed by atoms with Crippen LogP contribution >= 0.6 is 11.3 Å². The molecule has 2 heterocycles. The van der Waals surface area contributed by atoms with E-state index in [-0.39, 0.29) is 5.56 Å². The zero-order valence-corrected chi connectivity index (χ0v) is 15.5. The van der Waals surface area contributed by atoms with Crippen LogP contribution < -0.4 is 5.32 Å². The Morgan fingerprint density at radius 1 is 1.31 bits per heavy atom. The van der Waals surface area contributed by atoms with Crippen molar-refractivity contribution in [2.45, 2.75) is 44.9 Å². The van der Waals surface area contributed by atoms with Gasteiger partial charge in [-0.15, -0.1) is 11.3 Å². The Morgan fingerprint density at radius 3 is 2.73 bits per heavy atom. The van der Waals surface area contributed by atoms with Crippen molar-refractivity contribution in [1.29, 1.82) is 0 Å². The van der Waals surface area contributed by atoms with Crippen LogP contribution in [0.2, 0.25) is 0 Å². The van der Waals surface area contributed by atoms with Crippen LogP contribution in [0.4, 0.5) is 22.7 Å². The van der Waals surface area contributed by atoms with Gasteiger partial charge in [0.05, 0.1) is 11.3 Å². The highest BCUT2D eigenvalue weighted by Gasteiger charge is 2.32. The van der Waals surface area contributed by atoms with E-state index in [1.165, 1.54) is 11.3 Å². The monoisotopic (exact) mass is 387 g/mol. The zero-order valence-electron chi connectivity index (χ0n) is 14.7. The topological polar surface area (TPSA) is 28.2 Å². The van der Waals surface area contributed by atoms with E-state index in [0.717, 1.165) is 42.8 Å². The second-order valence-electron chi connectivity index (χ2n) is 6.44. The summed E-state index contributed by atoms with van der Waals surface area (Å²) in [5.41, 5.74) is -0.409. The minimum absolute atomic E-state index is 0.164. The van der Waals surface area contributed by atoms with Crippen LogP contribution in [0, 0.1) is 5.82 Å². The van der Waals surface area contributed by atoms with Gasteiger partial charge in [0.15, 0.2) is 5.13 Å². The lowest BCUT2D eigenvalue weighted by atomic mass is 10.1. The maximum Gasteiger partial charge on any atom is 0.416 e. The van der Waals surface area contributed by atoms with Crippen LogP contribution in [0.3, 0.4) is 0 Å². The highest BCUT2D eigenvalue weighted by atomic mass is 32.1. The van der Waals surface area contributed by atoms with Gasteiger partial charge in [0.25, 0.3) is 0 Å². The Kier molecular flexibility index (Phi) is 5.53. The molecule has 1 atom stereocenters. The number of halogens is 4. The van der Waals surface area contributed by atoms with Crippen molar-refractivity contribution in [2.75, 3.05) is 18.9 Å². The van der Waals surface area contributed by atoms with E-state index in [1.807, 2.05) is 0 Å². The summed E-state index contributed by atoms with van der Waals surface area (Å²) in [4.78, 5) is 7.59. The van der Waals surface area contributed by atoms with Crippen molar-refractivity contribution in [2.24, 2.45) is 0 Å². The molecule has 1 aliphatic rings. The standard InChI is InChI=1S/C18H21F4N3S/c1-3-14-5-4-6-25(14)10-15-16(24-17(23-2)26-15)11-7-12(18(20,21)22)9-13(19)8-11/h7-9,14H,3-6,10H2,1-2H3,(H,23,24). The van der Waals surface area contributed by atoms with Gasteiger partial charge in [-0.3, -0.25) is 4.90 Å². The summed E-state index contributed by atoms with van der Waals surface area (Å²) in [6, 6.07) is 3.08. The number of hydrogen-bond donors (Lipinski definition) is 1. The highest BCUT2D eigenvalue weighted by Crippen LogP contribution is 2.37. The molecule has 0 saturated carbocycles. The predicted octanol–water partition coefficient (Wildman–Crippen LogP) is 5.38. The summed E-state index contributed by atoms with van der Waals surface area (Å²) >= 11 is 1.41. The maximum absolute atomic E-state index is 13.8. The van der Waals surface area contributed by atoms with Gasteiger partial charge in [-0.1, -0.05) is 6.92 Å².